The molecule has 2 aromatic carbocycles. The minimum absolute atomic E-state index is 0.624. The number of nitrogens with two attached hydrogens (primary N) is 2. The van der Waals surface area contributed by atoms with Crippen molar-refractivity contribution in [3.8, 4) is 22.6 Å². The Morgan fingerprint density at radius 3 is 2.17 bits per heavy atom. The molecule has 0 aliphatic heterocycles. The zero-order valence-corrected chi connectivity index (χ0v) is 10.4. The van der Waals surface area contributed by atoms with Gasteiger partial charge in [-0.05, 0) is 24.3 Å². The van der Waals surface area contributed by atoms with Crippen molar-refractivity contribution in [2.24, 2.45) is 0 Å². The number of benzene rings is 2. The number of anilines is 2. The predicted molar refractivity (Wildman–Crippen MR) is 73.8 cm³/mol. The van der Waals surface area contributed by atoms with E-state index in [4.69, 9.17) is 20.9 Å². The molecule has 4 N–H and O–H groups in total. The lowest BCUT2D eigenvalue weighted by Crippen LogP contribution is -1.95. The lowest BCUT2D eigenvalue weighted by molar-refractivity contribution is 0.395. The van der Waals surface area contributed by atoms with Gasteiger partial charge in [0.2, 0.25) is 0 Å². The van der Waals surface area contributed by atoms with Crippen LogP contribution in [0.1, 0.15) is 0 Å². The van der Waals surface area contributed by atoms with Crippen LogP contribution in [-0.4, -0.2) is 14.2 Å². The van der Waals surface area contributed by atoms with Crippen LogP contribution in [0.25, 0.3) is 11.1 Å². The van der Waals surface area contributed by atoms with Gasteiger partial charge in [-0.25, -0.2) is 0 Å². The predicted octanol–water partition coefficient (Wildman–Crippen LogP) is 2.54. The van der Waals surface area contributed by atoms with Crippen molar-refractivity contribution in [1.82, 2.24) is 0 Å². The van der Waals surface area contributed by atoms with Crippen LogP contribution in [0.4, 0.5) is 11.4 Å². The van der Waals surface area contributed by atoms with Gasteiger partial charge in [-0.15, -0.1) is 0 Å². The van der Waals surface area contributed by atoms with Crippen LogP contribution in [0.5, 0.6) is 11.5 Å². The third-order valence-corrected chi connectivity index (χ3v) is 2.77. The van der Waals surface area contributed by atoms with E-state index in [9.17, 15) is 0 Å². The molecule has 0 spiro atoms. The molecule has 0 saturated heterocycles. The number of methoxy groups -OCH3 is 2. The highest BCUT2D eigenvalue weighted by atomic mass is 16.5. The van der Waals surface area contributed by atoms with Gasteiger partial charge < -0.3 is 20.9 Å². The van der Waals surface area contributed by atoms with Gasteiger partial charge in [-0.3, -0.25) is 0 Å². The number of ether oxygens (including phenoxy) is 2. The van der Waals surface area contributed by atoms with Gasteiger partial charge in [0.1, 0.15) is 11.5 Å². The highest BCUT2D eigenvalue weighted by Gasteiger charge is 2.10. The quantitative estimate of drug-likeness (QED) is 0.814. The molecule has 0 bridgehead atoms. The standard InChI is InChI=1S/C14H16N2O2/c1-17-10-4-6-12(14(8-10)18-2)11-5-3-9(15)7-13(11)16/h3-8H,15-16H2,1-2H3. The lowest BCUT2D eigenvalue weighted by Gasteiger charge is -2.12. The van der Waals surface area contributed by atoms with Crippen molar-refractivity contribution in [3.63, 3.8) is 0 Å². The first-order valence-electron chi connectivity index (χ1n) is 5.53. The Labute approximate surface area is 106 Å². The summed E-state index contributed by atoms with van der Waals surface area (Å²) in [6.07, 6.45) is 0. The maximum Gasteiger partial charge on any atom is 0.130 e. The molecule has 0 aliphatic carbocycles. The average molecular weight is 244 g/mol. The van der Waals surface area contributed by atoms with Crippen LogP contribution in [0.2, 0.25) is 0 Å². The molecule has 94 valence electrons. The van der Waals surface area contributed by atoms with Gasteiger partial charge in [-0.2, -0.15) is 0 Å². The number of rotatable bonds is 3. The van der Waals surface area contributed by atoms with Gasteiger partial charge >= 0.3 is 0 Å². The van der Waals surface area contributed by atoms with Crippen LogP contribution < -0.4 is 20.9 Å². The van der Waals surface area contributed by atoms with E-state index in [1.807, 2.05) is 30.3 Å². The summed E-state index contributed by atoms with van der Waals surface area (Å²) in [4.78, 5) is 0. The molecule has 0 amide bonds. The molecule has 4 heteroatoms. The fraction of sp³-hybridized carbons (Fsp3) is 0.143. The summed E-state index contributed by atoms with van der Waals surface area (Å²) in [5.41, 5.74) is 14.7. The highest BCUT2D eigenvalue weighted by Crippen LogP contribution is 2.36. The Hall–Kier alpha value is -2.36. The smallest absolute Gasteiger partial charge is 0.130 e. The molecule has 0 unspecified atom stereocenters. The van der Waals surface area contributed by atoms with Gasteiger partial charge in [0.05, 0.1) is 14.2 Å². The van der Waals surface area contributed by atoms with E-state index in [2.05, 4.69) is 0 Å². The summed E-state index contributed by atoms with van der Waals surface area (Å²) in [6.45, 7) is 0. The number of hydrogen-bond donors (Lipinski definition) is 2. The molecule has 0 aromatic heterocycles. The highest BCUT2D eigenvalue weighted by molar-refractivity contribution is 5.82. The summed E-state index contributed by atoms with van der Waals surface area (Å²) < 4.78 is 10.5. The van der Waals surface area contributed by atoms with Gasteiger partial charge in [-0.1, -0.05) is 6.07 Å². The van der Waals surface area contributed by atoms with E-state index in [1.165, 1.54) is 0 Å². The van der Waals surface area contributed by atoms with E-state index < -0.39 is 0 Å². The molecule has 0 fully saturated rings. The van der Waals surface area contributed by atoms with Gasteiger partial charge in [0.15, 0.2) is 0 Å². The molecule has 18 heavy (non-hydrogen) atoms. The molecule has 0 aliphatic rings. The van der Waals surface area contributed by atoms with Crippen molar-refractivity contribution in [2.75, 3.05) is 25.7 Å². The molecular weight excluding hydrogens is 228 g/mol. The molecule has 4 nitrogen and oxygen atoms in total. The van der Waals surface area contributed by atoms with E-state index in [-0.39, 0.29) is 0 Å². The molecule has 0 saturated carbocycles. The van der Waals surface area contributed by atoms with Crippen LogP contribution in [-0.2, 0) is 0 Å². The van der Waals surface area contributed by atoms with Crippen molar-refractivity contribution in [2.45, 2.75) is 0 Å². The zero-order chi connectivity index (χ0) is 13.1. The zero-order valence-electron chi connectivity index (χ0n) is 10.4. The monoisotopic (exact) mass is 244 g/mol. The molecular formula is C14H16N2O2. The second kappa shape index (κ2) is 4.87. The summed E-state index contributed by atoms with van der Waals surface area (Å²) in [5.74, 6) is 1.45. The normalized spacial score (nSPS) is 10.1. The van der Waals surface area contributed by atoms with E-state index in [1.54, 1.807) is 20.3 Å². The third-order valence-electron chi connectivity index (χ3n) is 2.77. The Balaban J connectivity index is 2.56. The fourth-order valence-electron chi connectivity index (χ4n) is 1.85. The first-order chi connectivity index (χ1) is 8.65. The molecule has 2 rings (SSSR count). The maximum atomic E-state index is 5.98. The van der Waals surface area contributed by atoms with Crippen LogP contribution in [0.15, 0.2) is 36.4 Å². The van der Waals surface area contributed by atoms with E-state index in [0.717, 1.165) is 16.9 Å². The third kappa shape index (κ3) is 2.18. The lowest BCUT2D eigenvalue weighted by atomic mass is 10.0. The molecule has 0 atom stereocenters. The molecule has 2 aromatic rings. The Bertz CT molecular complexity index is 568. The van der Waals surface area contributed by atoms with E-state index >= 15 is 0 Å². The SMILES string of the molecule is COc1ccc(-c2ccc(N)cc2N)c(OC)c1. The van der Waals surface area contributed by atoms with Gasteiger partial charge in [0.25, 0.3) is 0 Å². The summed E-state index contributed by atoms with van der Waals surface area (Å²) in [5, 5.41) is 0. The summed E-state index contributed by atoms with van der Waals surface area (Å²) in [7, 11) is 3.23. The van der Waals surface area contributed by atoms with Crippen molar-refractivity contribution >= 4 is 11.4 Å². The van der Waals surface area contributed by atoms with Crippen molar-refractivity contribution < 1.29 is 9.47 Å². The Morgan fingerprint density at radius 1 is 0.833 bits per heavy atom. The second-order valence-electron chi connectivity index (χ2n) is 3.91. The molecule has 0 radical (unpaired) electrons. The van der Waals surface area contributed by atoms with E-state index in [0.29, 0.717) is 17.1 Å². The number of hydrogen-bond acceptors (Lipinski definition) is 4. The average Bonchev–Trinajstić information content (AvgIpc) is 2.38. The van der Waals surface area contributed by atoms with Crippen LogP contribution in [0.3, 0.4) is 0 Å². The summed E-state index contributed by atoms with van der Waals surface area (Å²) >= 11 is 0. The van der Waals surface area contributed by atoms with Crippen LogP contribution in [0, 0.1) is 0 Å². The number of nitrogen functional groups attached to an aromatic ring is 2. The topological polar surface area (TPSA) is 70.5 Å². The van der Waals surface area contributed by atoms with Crippen molar-refractivity contribution in [3.05, 3.63) is 36.4 Å². The van der Waals surface area contributed by atoms with Crippen molar-refractivity contribution in [1.29, 1.82) is 0 Å². The maximum absolute atomic E-state index is 5.98. The largest absolute Gasteiger partial charge is 0.497 e. The van der Waals surface area contributed by atoms with Crippen LogP contribution >= 0.6 is 0 Å². The fourth-order valence-corrected chi connectivity index (χ4v) is 1.85. The first kappa shape index (κ1) is 12.1. The summed E-state index contributed by atoms with van der Waals surface area (Å²) in [6, 6.07) is 11.0. The first-order valence-corrected chi connectivity index (χ1v) is 5.53. The minimum Gasteiger partial charge on any atom is -0.497 e. The molecule has 0 heterocycles. The Morgan fingerprint density at radius 2 is 1.56 bits per heavy atom. The Kier molecular flexibility index (Phi) is 3.28. The minimum atomic E-state index is 0.624. The second-order valence-corrected chi connectivity index (χ2v) is 3.91. The van der Waals surface area contributed by atoms with Gasteiger partial charge in [0, 0.05) is 28.6 Å².